The van der Waals surface area contributed by atoms with Gasteiger partial charge in [0.15, 0.2) is 0 Å². The number of carbonyl (C=O) groups is 1. The van der Waals surface area contributed by atoms with Gasteiger partial charge in [0.1, 0.15) is 0 Å². The lowest BCUT2D eigenvalue weighted by Crippen LogP contribution is -2.40. The van der Waals surface area contributed by atoms with E-state index in [0.717, 1.165) is 24.1 Å². The number of benzene rings is 1. The molecule has 1 aromatic carbocycles. The van der Waals surface area contributed by atoms with Gasteiger partial charge in [-0.05, 0) is 43.0 Å². The van der Waals surface area contributed by atoms with E-state index in [-0.39, 0.29) is 17.7 Å². The predicted octanol–water partition coefficient (Wildman–Crippen LogP) is 3.44. The summed E-state index contributed by atoms with van der Waals surface area (Å²) in [4.78, 5) is 16.9. The van der Waals surface area contributed by atoms with Gasteiger partial charge in [-0.2, -0.15) is 0 Å². The Balaban J connectivity index is 2.34. The van der Waals surface area contributed by atoms with Crippen LogP contribution in [-0.2, 0) is 21.4 Å². The highest BCUT2D eigenvalue weighted by molar-refractivity contribution is 7.92. The van der Waals surface area contributed by atoms with E-state index in [4.69, 9.17) is 0 Å². The minimum atomic E-state index is -3.35. The van der Waals surface area contributed by atoms with Gasteiger partial charge in [0, 0.05) is 43.5 Å². The highest BCUT2D eigenvalue weighted by atomic mass is 32.2. The first-order valence-electron chi connectivity index (χ1n) is 9.56. The average Bonchev–Trinajstić information content (AvgIpc) is 3.35. The van der Waals surface area contributed by atoms with E-state index in [1.54, 1.807) is 6.07 Å². The molecule has 0 bridgehead atoms. The Morgan fingerprint density at radius 1 is 1.22 bits per heavy atom. The second-order valence-corrected chi connectivity index (χ2v) is 10.4. The number of amides is 1. The predicted molar refractivity (Wildman–Crippen MR) is 111 cm³/mol. The summed E-state index contributed by atoms with van der Waals surface area (Å²) in [5.41, 5.74) is 2.03. The van der Waals surface area contributed by atoms with E-state index >= 15 is 0 Å². The molecule has 0 aliphatic heterocycles. The molecule has 2 rings (SSSR count). The van der Waals surface area contributed by atoms with Crippen LogP contribution >= 0.6 is 0 Å². The number of sulfonamides is 1. The van der Waals surface area contributed by atoms with Gasteiger partial charge in [-0.1, -0.05) is 27.7 Å². The molecule has 0 radical (unpaired) electrons. The third kappa shape index (κ3) is 5.86. The average molecular weight is 396 g/mol. The van der Waals surface area contributed by atoms with Crippen LogP contribution < -0.4 is 9.62 Å². The molecule has 0 saturated heterocycles. The van der Waals surface area contributed by atoms with E-state index in [0.29, 0.717) is 18.7 Å². The SMILES string of the molecule is CCCS(=O)(=O)Nc1ccc(N(C)C)c(CN(C(=O)C(C)(C)C)C2CC2)c1. The summed E-state index contributed by atoms with van der Waals surface area (Å²) in [5, 5.41) is 0. The lowest BCUT2D eigenvalue weighted by molar-refractivity contribution is -0.140. The number of anilines is 2. The minimum absolute atomic E-state index is 0.0917. The maximum absolute atomic E-state index is 12.9. The van der Waals surface area contributed by atoms with E-state index < -0.39 is 15.4 Å². The lowest BCUT2D eigenvalue weighted by atomic mass is 9.94. The fourth-order valence-electron chi connectivity index (χ4n) is 3.08. The van der Waals surface area contributed by atoms with E-state index in [9.17, 15) is 13.2 Å². The van der Waals surface area contributed by atoms with Gasteiger partial charge in [-0.3, -0.25) is 9.52 Å². The quantitative estimate of drug-likeness (QED) is 0.732. The minimum Gasteiger partial charge on any atom is -0.377 e. The number of carbonyl (C=O) groups excluding carboxylic acids is 1. The summed E-state index contributed by atoms with van der Waals surface area (Å²) in [6, 6.07) is 5.82. The highest BCUT2D eigenvalue weighted by Crippen LogP contribution is 2.34. The third-order valence-electron chi connectivity index (χ3n) is 4.54. The third-order valence-corrected chi connectivity index (χ3v) is 6.03. The molecule has 1 saturated carbocycles. The summed E-state index contributed by atoms with van der Waals surface area (Å²) in [7, 11) is 0.552. The maximum Gasteiger partial charge on any atom is 0.232 e. The largest absolute Gasteiger partial charge is 0.377 e. The van der Waals surface area contributed by atoms with Crippen LogP contribution in [0.1, 0.15) is 52.5 Å². The van der Waals surface area contributed by atoms with Gasteiger partial charge in [0.25, 0.3) is 0 Å². The van der Waals surface area contributed by atoms with Gasteiger partial charge in [0.2, 0.25) is 15.9 Å². The Kier molecular flexibility index (Phi) is 6.45. The fraction of sp³-hybridized carbons (Fsp3) is 0.650. The van der Waals surface area contributed by atoms with Crippen molar-refractivity contribution in [3.8, 4) is 0 Å². The van der Waals surface area contributed by atoms with Crippen molar-refractivity contribution in [2.45, 2.75) is 59.5 Å². The second kappa shape index (κ2) is 8.09. The van der Waals surface area contributed by atoms with Crippen LogP contribution in [0.5, 0.6) is 0 Å². The first-order chi connectivity index (χ1) is 12.4. The van der Waals surface area contributed by atoms with Crippen molar-refractivity contribution in [3.05, 3.63) is 23.8 Å². The van der Waals surface area contributed by atoms with E-state index in [1.165, 1.54) is 0 Å². The topological polar surface area (TPSA) is 69.7 Å². The summed E-state index contributed by atoms with van der Waals surface area (Å²) in [6.45, 7) is 8.13. The number of hydrogen-bond acceptors (Lipinski definition) is 4. The van der Waals surface area contributed by atoms with Crippen LogP contribution in [0, 0.1) is 5.41 Å². The first-order valence-corrected chi connectivity index (χ1v) is 11.2. The molecule has 1 aliphatic carbocycles. The Morgan fingerprint density at radius 3 is 2.33 bits per heavy atom. The lowest BCUT2D eigenvalue weighted by Gasteiger charge is -2.31. The van der Waals surface area contributed by atoms with Crippen LogP contribution in [0.2, 0.25) is 0 Å². The highest BCUT2D eigenvalue weighted by Gasteiger charge is 2.37. The van der Waals surface area contributed by atoms with Gasteiger partial charge in [-0.15, -0.1) is 0 Å². The molecule has 0 heterocycles. The number of rotatable bonds is 8. The van der Waals surface area contributed by atoms with Crippen LogP contribution in [0.15, 0.2) is 18.2 Å². The van der Waals surface area contributed by atoms with Crippen molar-refractivity contribution in [1.82, 2.24) is 4.90 Å². The Morgan fingerprint density at radius 2 is 1.85 bits per heavy atom. The summed E-state index contributed by atoms with van der Waals surface area (Å²) < 4.78 is 26.9. The molecule has 0 spiro atoms. The summed E-state index contributed by atoms with van der Waals surface area (Å²) in [6.07, 6.45) is 2.62. The summed E-state index contributed by atoms with van der Waals surface area (Å²) >= 11 is 0. The molecule has 152 valence electrons. The molecule has 1 aromatic rings. The molecule has 1 amide bonds. The second-order valence-electron chi connectivity index (χ2n) is 8.57. The standard InChI is InChI=1S/C20H33N3O3S/c1-7-12-27(25,26)21-16-8-11-18(22(5)6)15(13-16)14-23(17-9-10-17)19(24)20(2,3)4/h8,11,13,17,21H,7,9-10,12,14H2,1-6H3. The zero-order valence-corrected chi connectivity index (χ0v) is 18.2. The van der Waals surface area contributed by atoms with E-state index in [2.05, 4.69) is 4.72 Å². The monoisotopic (exact) mass is 395 g/mol. The van der Waals surface area contributed by atoms with Crippen molar-refractivity contribution < 1.29 is 13.2 Å². The smallest absolute Gasteiger partial charge is 0.232 e. The van der Waals surface area contributed by atoms with Crippen molar-refractivity contribution in [2.75, 3.05) is 29.5 Å². The first kappa shape index (κ1) is 21.5. The zero-order chi connectivity index (χ0) is 20.4. The van der Waals surface area contributed by atoms with Crippen molar-refractivity contribution >= 4 is 27.3 Å². The molecule has 0 unspecified atom stereocenters. The van der Waals surface area contributed by atoms with Crippen molar-refractivity contribution in [3.63, 3.8) is 0 Å². The van der Waals surface area contributed by atoms with Gasteiger partial charge >= 0.3 is 0 Å². The van der Waals surface area contributed by atoms with Crippen LogP contribution in [0.3, 0.4) is 0 Å². The van der Waals surface area contributed by atoms with Crippen LogP contribution in [-0.4, -0.2) is 45.1 Å². The Bertz CT molecular complexity index is 778. The van der Waals surface area contributed by atoms with Crippen LogP contribution in [0.25, 0.3) is 0 Å². The molecule has 0 aromatic heterocycles. The van der Waals surface area contributed by atoms with Gasteiger partial charge in [0.05, 0.1) is 5.75 Å². The fourth-order valence-corrected chi connectivity index (χ4v) is 4.20. The molecule has 6 nitrogen and oxygen atoms in total. The molecule has 1 fully saturated rings. The summed E-state index contributed by atoms with van der Waals surface area (Å²) in [5.74, 6) is 0.223. The molecule has 1 N–H and O–H groups in total. The van der Waals surface area contributed by atoms with Gasteiger partial charge in [-0.25, -0.2) is 8.42 Å². The molecule has 1 aliphatic rings. The van der Waals surface area contributed by atoms with Crippen LogP contribution in [0.4, 0.5) is 11.4 Å². The molecular formula is C20H33N3O3S. The normalized spacial score (nSPS) is 14.7. The van der Waals surface area contributed by atoms with Crippen molar-refractivity contribution in [2.24, 2.45) is 5.41 Å². The molecule has 7 heteroatoms. The number of nitrogens with zero attached hydrogens (tertiary/aromatic N) is 2. The Labute approximate surface area is 164 Å². The van der Waals surface area contributed by atoms with Gasteiger partial charge < -0.3 is 9.80 Å². The molecular weight excluding hydrogens is 362 g/mol. The molecule has 0 atom stereocenters. The number of hydrogen-bond donors (Lipinski definition) is 1. The molecule has 27 heavy (non-hydrogen) atoms. The maximum atomic E-state index is 12.9. The zero-order valence-electron chi connectivity index (χ0n) is 17.4. The van der Waals surface area contributed by atoms with Crippen molar-refractivity contribution in [1.29, 1.82) is 0 Å². The number of nitrogens with one attached hydrogen (secondary N) is 1. The Hall–Kier alpha value is -1.76. The van der Waals surface area contributed by atoms with E-state index in [1.807, 2.05) is 63.7 Å².